The third-order valence-electron chi connectivity index (χ3n) is 6.76. The molecule has 5 rings (SSSR count). The molecule has 2 fully saturated rings. The van der Waals surface area contributed by atoms with Crippen LogP contribution in [0.15, 0.2) is 48.5 Å². The van der Waals surface area contributed by atoms with Crippen LogP contribution in [0.1, 0.15) is 23.5 Å². The Morgan fingerprint density at radius 2 is 1.76 bits per heavy atom. The summed E-state index contributed by atoms with van der Waals surface area (Å²) in [6.07, 6.45) is -0.687. The number of rotatable bonds is 6. The lowest BCUT2D eigenvalue weighted by atomic mass is 9.98. The molecule has 2 aromatic rings. The fourth-order valence-electron chi connectivity index (χ4n) is 5.01. The van der Waals surface area contributed by atoms with E-state index in [4.69, 9.17) is 9.47 Å². The number of carbonyl (C=O) groups is 3. The number of ether oxygens (including phenoxy) is 2. The highest BCUT2D eigenvalue weighted by Gasteiger charge is 2.43. The molecule has 2 amide bonds. The minimum Gasteiger partial charge on any atom is -0.480 e. The Bertz CT molecular complexity index is 1060. The van der Waals surface area contributed by atoms with Crippen molar-refractivity contribution in [2.45, 2.75) is 24.5 Å². The van der Waals surface area contributed by atoms with E-state index in [0.717, 1.165) is 22.3 Å². The fraction of sp³-hybridized carbons (Fsp3) is 0.400. The Morgan fingerprint density at radius 1 is 1.09 bits per heavy atom. The Balaban J connectivity index is 1.17. The van der Waals surface area contributed by atoms with Crippen LogP contribution in [-0.4, -0.2) is 71.5 Å². The van der Waals surface area contributed by atoms with E-state index in [2.05, 4.69) is 29.6 Å². The first-order chi connectivity index (χ1) is 16.5. The highest BCUT2D eigenvalue weighted by molar-refractivity contribution is 7.99. The number of hydrogen-bond donors (Lipinski definition) is 2. The predicted molar refractivity (Wildman–Crippen MR) is 127 cm³/mol. The zero-order valence-electron chi connectivity index (χ0n) is 18.5. The number of carboxylic acids is 1. The third-order valence-corrected chi connectivity index (χ3v) is 7.77. The van der Waals surface area contributed by atoms with Crippen molar-refractivity contribution in [3.63, 3.8) is 0 Å². The zero-order valence-corrected chi connectivity index (χ0v) is 19.3. The maximum atomic E-state index is 12.9. The second kappa shape index (κ2) is 9.68. The first-order valence-corrected chi connectivity index (χ1v) is 12.5. The fourth-order valence-corrected chi connectivity index (χ4v) is 6.16. The normalized spacial score (nSPS) is 23.4. The van der Waals surface area contributed by atoms with Gasteiger partial charge in [0.2, 0.25) is 0 Å². The number of carboxylic acid groups (broad SMARTS) is 1. The van der Waals surface area contributed by atoms with E-state index in [1.807, 2.05) is 24.3 Å². The molecule has 0 spiro atoms. The second-order valence-corrected chi connectivity index (χ2v) is 9.71. The van der Waals surface area contributed by atoms with E-state index in [1.165, 1.54) is 16.7 Å². The van der Waals surface area contributed by atoms with Crippen molar-refractivity contribution in [2.24, 2.45) is 5.92 Å². The van der Waals surface area contributed by atoms with Crippen molar-refractivity contribution >= 4 is 29.7 Å². The zero-order chi connectivity index (χ0) is 23.7. The van der Waals surface area contributed by atoms with Crippen LogP contribution in [0.3, 0.4) is 0 Å². The number of thioether (sulfide) groups is 1. The number of carbonyl (C=O) groups excluding carboxylic acids is 2. The lowest BCUT2D eigenvalue weighted by Gasteiger charge is -2.26. The standard InChI is InChI=1S/C25H26N2O6S/c28-23(27-14-34-13-21(27)24(29)30)22-15(9-10-32-22)11-26-25(31)33-12-20-18-7-3-1-5-16(18)17-6-2-4-8-19(17)20/h1-8,15,20-22H,9-14H2,(H,26,31)(H,29,30)/t15-,21-,22-/m0/s1. The van der Waals surface area contributed by atoms with Gasteiger partial charge in [0.1, 0.15) is 18.8 Å². The van der Waals surface area contributed by atoms with Crippen molar-refractivity contribution in [3.8, 4) is 11.1 Å². The lowest BCUT2D eigenvalue weighted by molar-refractivity contribution is -0.152. The molecule has 2 heterocycles. The maximum Gasteiger partial charge on any atom is 0.407 e. The number of nitrogens with one attached hydrogen (secondary N) is 1. The molecule has 0 radical (unpaired) electrons. The molecule has 0 aromatic heterocycles. The quantitative estimate of drug-likeness (QED) is 0.652. The topological polar surface area (TPSA) is 105 Å². The first-order valence-electron chi connectivity index (χ1n) is 11.4. The van der Waals surface area contributed by atoms with Crippen LogP contribution >= 0.6 is 11.8 Å². The molecule has 2 aromatic carbocycles. The maximum absolute atomic E-state index is 12.9. The Kier molecular flexibility index (Phi) is 6.47. The van der Waals surface area contributed by atoms with Crippen molar-refractivity contribution in [3.05, 3.63) is 59.7 Å². The molecule has 0 saturated carbocycles. The van der Waals surface area contributed by atoms with E-state index in [-0.39, 0.29) is 30.9 Å². The highest BCUT2D eigenvalue weighted by Crippen LogP contribution is 2.44. The summed E-state index contributed by atoms with van der Waals surface area (Å²) in [4.78, 5) is 38.2. The van der Waals surface area contributed by atoms with Crippen molar-refractivity contribution in [2.75, 3.05) is 31.4 Å². The largest absolute Gasteiger partial charge is 0.480 e. The molecule has 3 aliphatic rings. The van der Waals surface area contributed by atoms with Gasteiger partial charge in [0.15, 0.2) is 0 Å². The summed E-state index contributed by atoms with van der Waals surface area (Å²) in [6, 6.07) is 15.4. The van der Waals surface area contributed by atoms with Crippen LogP contribution in [0, 0.1) is 5.92 Å². The molecule has 34 heavy (non-hydrogen) atoms. The monoisotopic (exact) mass is 482 g/mol. The van der Waals surface area contributed by atoms with Gasteiger partial charge in [0.25, 0.3) is 5.91 Å². The van der Waals surface area contributed by atoms with Crippen LogP contribution < -0.4 is 5.32 Å². The molecular weight excluding hydrogens is 456 g/mol. The number of fused-ring (bicyclic) bond motifs is 3. The van der Waals surface area contributed by atoms with Gasteiger partial charge in [-0.1, -0.05) is 48.5 Å². The average Bonchev–Trinajstić information content (AvgIpc) is 3.59. The molecule has 2 saturated heterocycles. The number of amides is 2. The number of nitrogens with zero attached hydrogens (tertiary/aromatic N) is 1. The van der Waals surface area contributed by atoms with Crippen LogP contribution in [-0.2, 0) is 19.1 Å². The summed E-state index contributed by atoms with van der Waals surface area (Å²) in [5, 5.41) is 12.1. The average molecular weight is 483 g/mol. The third kappa shape index (κ3) is 4.25. The van der Waals surface area contributed by atoms with Crippen molar-refractivity contribution < 1.29 is 29.0 Å². The second-order valence-electron chi connectivity index (χ2n) is 8.71. The summed E-state index contributed by atoms with van der Waals surface area (Å²) in [5.41, 5.74) is 4.61. The Labute approximate surface area is 201 Å². The molecule has 9 heteroatoms. The van der Waals surface area contributed by atoms with Gasteiger partial charge >= 0.3 is 12.1 Å². The Morgan fingerprint density at radius 3 is 2.44 bits per heavy atom. The van der Waals surface area contributed by atoms with Gasteiger partial charge < -0.3 is 24.8 Å². The first kappa shape index (κ1) is 22.7. The molecule has 0 unspecified atom stereocenters. The molecule has 8 nitrogen and oxygen atoms in total. The van der Waals surface area contributed by atoms with Gasteiger partial charge in [-0.15, -0.1) is 11.8 Å². The molecule has 3 atom stereocenters. The minimum absolute atomic E-state index is 0.0251. The number of hydrogen-bond acceptors (Lipinski definition) is 6. The molecule has 178 valence electrons. The minimum atomic E-state index is -1.01. The predicted octanol–water partition coefficient (Wildman–Crippen LogP) is 2.92. The van der Waals surface area contributed by atoms with Gasteiger partial charge in [-0.2, -0.15) is 0 Å². The smallest absolute Gasteiger partial charge is 0.407 e. The van der Waals surface area contributed by atoms with E-state index in [9.17, 15) is 19.5 Å². The lowest BCUT2D eigenvalue weighted by Crippen LogP contribution is -2.49. The van der Waals surface area contributed by atoms with Crippen LogP contribution in [0.2, 0.25) is 0 Å². The van der Waals surface area contributed by atoms with Gasteiger partial charge in [-0.05, 0) is 28.7 Å². The van der Waals surface area contributed by atoms with Crippen LogP contribution in [0.4, 0.5) is 4.79 Å². The number of aliphatic carboxylic acids is 1. The van der Waals surface area contributed by atoms with Gasteiger partial charge in [0.05, 0.1) is 5.88 Å². The van der Waals surface area contributed by atoms with Crippen molar-refractivity contribution in [1.29, 1.82) is 0 Å². The molecule has 2 aliphatic heterocycles. The van der Waals surface area contributed by atoms with E-state index in [1.54, 1.807) is 0 Å². The highest BCUT2D eigenvalue weighted by atomic mass is 32.2. The summed E-state index contributed by atoms with van der Waals surface area (Å²) >= 11 is 1.41. The summed E-state index contributed by atoms with van der Waals surface area (Å²) in [7, 11) is 0. The van der Waals surface area contributed by atoms with E-state index >= 15 is 0 Å². The van der Waals surface area contributed by atoms with Gasteiger partial charge in [-0.3, -0.25) is 4.79 Å². The molecule has 0 bridgehead atoms. The van der Waals surface area contributed by atoms with E-state index in [0.29, 0.717) is 24.7 Å². The van der Waals surface area contributed by atoms with Crippen LogP contribution in [0.25, 0.3) is 11.1 Å². The molecule has 1 aliphatic carbocycles. The van der Waals surface area contributed by atoms with Crippen LogP contribution in [0.5, 0.6) is 0 Å². The SMILES string of the molecule is O=C(NC[C@@H]1CCO[C@@H]1C(=O)N1CSC[C@H]1C(=O)O)OCC1c2ccccc2-c2ccccc21. The Hall–Kier alpha value is -3.04. The van der Waals surface area contributed by atoms with Crippen molar-refractivity contribution in [1.82, 2.24) is 10.2 Å². The van der Waals surface area contributed by atoms with Gasteiger partial charge in [-0.25, -0.2) is 9.59 Å². The van der Waals surface area contributed by atoms with E-state index < -0.39 is 24.2 Å². The molecular formula is C25H26N2O6S. The number of benzene rings is 2. The summed E-state index contributed by atoms with van der Waals surface area (Å²) < 4.78 is 11.2. The number of alkyl carbamates (subject to hydrolysis) is 1. The molecule has 2 N–H and O–H groups in total. The summed E-state index contributed by atoms with van der Waals surface area (Å²) in [6.45, 7) is 0.840. The summed E-state index contributed by atoms with van der Waals surface area (Å²) in [5.74, 6) is -0.881. The van der Waals surface area contributed by atoms with Gasteiger partial charge in [0, 0.05) is 30.7 Å².